The number of amides is 2. The second kappa shape index (κ2) is 9.18. The molecular weight excluding hydrogens is 378 g/mol. The molecule has 1 aromatic carbocycles. The van der Waals surface area contributed by atoms with Gasteiger partial charge in [-0.05, 0) is 12.1 Å². The van der Waals surface area contributed by atoms with Crippen molar-refractivity contribution in [3.05, 3.63) is 24.3 Å². The first kappa shape index (κ1) is 20.3. The van der Waals surface area contributed by atoms with Crippen molar-refractivity contribution < 1.29 is 23.7 Å². The van der Waals surface area contributed by atoms with Crippen LogP contribution in [0.25, 0.3) is 0 Å². The number of ether oxygens (including phenoxy) is 4. The van der Waals surface area contributed by atoms with Crippen LogP contribution in [-0.4, -0.2) is 75.5 Å². The molecule has 0 radical (unpaired) electrons. The minimum absolute atomic E-state index is 0.200. The SMILES string of the molecule is COc1ccc(OC)c(NC(=O)N2CCN(c3cc(OC)nc(OC)n3)CC2)c1. The fourth-order valence-corrected chi connectivity index (χ4v) is 2.99. The lowest BCUT2D eigenvalue weighted by Gasteiger charge is -2.35. The summed E-state index contributed by atoms with van der Waals surface area (Å²) in [5.74, 6) is 2.33. The van der Waals surface area contributed by atoms with Gasteiger partial charge in [0.1, 0.15) is 17.3 Å². The fourth-order valence-electron chi connectivity index (χ4n) is 2.99. The van der Waals surface area contributed by atoms with Crippen molar-refractivity contribution in [2.45, 2.75) is 0 Å². The van der Waals surface area contributed by atoms with Gasteiger partial charge in [0.15, 0.2) is 0 Å². The number of nitrogens with zero attached hydrogens (tertiary/aromatic N) is 4. The van der Waals surface area contributed by atoms with Gasteiger partial charge in [0, 0.05) is 38.3 Å². The van der Waals surface area contributed by atoms with Gasteiger partial charge >= 0.3 is 12.0 Å². The number of benzene rings is 1. The van der Waals surface area contributed by atoms with E-state index < -0.39 is 0 Å². The lowest BCUT2D eigenvalue weighted by molar-refractivity contribution is 0.208. The van der Waals surface area contributed by atoms with Crippen molar-refractivity contribution in [2.24, 2.45) is 0 Å². The molecule has 1 aromatic heterocycles. The Kier molecular flexibility index (Phi) is 6.43. The van der Waals surface area contributed by atoms with Crippen LogP contribution in [0.2, 0.25) is 0 Å². The van der Waals surface area contributed by atoms with Crippen LogP contribution in [0.5, 0.6) is 23.4 Å². The third-order valence-corrected chi connectivity index (χ3v) is 4.60. The number of carbonyl (C=O) groups is 1. The molecule has 0 aliphatic carbocycles. The second-order valence-electron chi connectivity index (χ2n) is 6.23. The molecule has 0 spiro atoms. The van der Waals surface area contributed by atoms with Crippen LogP contribution in [0.3, 0.4) is 0 Å². The molecule has 0 atom stereocenters. The van der Waals surface area contributed by atoms with E-state index in [1.54, 1.807) is 50.5 Å². The lowest BCUT2D eigenvalue weighted by Crippen LogP contribution is -2.50. The Labute approximate surface area is 169 Å². The van der Waals surface area contributed by atoms with Gasteiger partial charge in [-0.15, -0.1) is 0 Å². The Morgan fingerprint density at radius 2 is 1.69 bits per heavy atom. The van der Waals surface area contributed by atoms with E-state index in [2.05, 4.69) is 20.2 Å². The number of nitrogens with one attached hydrogen (secondary N) is 1. The molecule has 0 bridgehead atoms. The smallest absolute Gasteiger partial charge is 0.322 e. The lowest BCUT2D eigenvalue weighted by atomic mass is 10.2. The summed E-state index contributed by atoms with van der Waals surface area (Å²) >= 11 is 0. The molecule has 1 saturated heterocycles. The van der Waals surface area contributed by atoms with Crippen molar-refractivity contribution in [3.8, 4) is 23.4 Å². The van der Waals surface area contributed by atoms with Crippen molar-refractivity contribution >= 4 is 17.5 Å². The molecule has 156 valence electrons. The minimum atomic E-state index is -0.200. The quantitative estimate of drug-likeness (QED) is 0.781. The number of aromatic nitrogens is 2. The van der Waals surface area contributed by atoms with Crippen molar-refractivity contribution in [1.82, 2.24) is 14.9 Å². The van der Waals surface area contributed by atoms with E-state index >= 15 is 0 Å². The summed E-state index contributed by atoms with van der Waals surface area (Å²) in [6.45, 7) is 2.30. The van der Waals surface area contributed by atoms with Crippen LogP contribution in [0.1, 0.15) is 0 Å². The summed E-state index contributed by atoms with van der Waals surface area (Å²) in [5, 5.41) is 2.89. The molecule has 3 rings (SSSR count). The molecule has 0 saturated carbocycles. The molecule has 0 unspecified atom stereocenters. The van der Waals surface area contributed by atoms with E-state index in [0.717, 1.165) is 0 Å². The number of carbonyl (C=O) groups excluding carboxylic acids is 1. The van der Waals surface area contributed by atoms with Crippen LogP contribution in [0.15, 0.2) is 24.3 Å². The maximum atomic E-state index is 12.7. The fraction of sp³-hybridized carbons (Fsp3) is 0.421. The highest BCUT2D eigenvalue weighted by Gasteiger charge is 2.24. The highest BCUT2D eigenvalue weighted by molar-refractivity contribution is 5.91. The summed E-state index contributed by atoms with van der Waals surface area (Å²) in [4.78, 5) is 25.0. The zero-order valence-electron chi connectivity index (χ0n) is 17.0. The number of anilines is 2. The Bertz CT molecular complexity index is 833. The van der Waals surface area contributed by atoms with E-state index in [1.165, 1.54) is 7.11 Å². The maximum Gasteiger partial charge on any atom is 0.322 e. The second-order valence-corrected chi connectivity index (χ2v) is 6.23. The van der Waals surface area contributed by atoms with Gasteiger partial charge in [0.05, 0.1) is 34.1 Å². The molecule has 2 aromatic rings. The topological polar surface area (TPSA) is 98.3 Å². The highest BCUT2D eigenvalue weighted by atomic mass is 16.5. The van der Waals surface area contributed by atoms with Gasteiger partial charge in [0.25, 0.3) is 0 Å². The molecule has 2 amide bonds. The molecule has 1 aliphatic heterocycles. The van der Waals surface area contributed by atoms with Crippen molar-refractivity contribution in [3.63, 3.8) is 0 Å². The molecule has 2 heterocycles. The Morgan fingerprint density at radius 3 is 2.31 bits per heavy atom. The van der Waals surface area contributed by atoms with Crippen LogP contribution in [0.4, 0.5) is 16.3 Å². The van der Waals surface area contributed by atoms with E-state index in [9.17, 15) is 4.79 Å². The number of hydrogen-bond donors (Lipinski definition) is 1. The average molecular weight is 403 g/mol. The predicted octanol–water partition coefficient (Wildman–Crippen LogP) is 1.87. The van der Waals surface area contributed by atoms with Gasteiger partial charge in [-0.2, -0.15) is 9.97 Å². The van der Waals surface area contributed by atoms with Gasteiger partial charge in [0.2, 0.25) is 5.88 Å². The largest absolute Gasteiger partial charge is 0.497 e. The van der Waals surface area contributed by atoms with E-state index in [-0.39, 0.29) is 12.0 Å². The summed E-state index contributed by atoms with van der Waals surface area (Å²) in [6, 6.07) is 7.05. The summed E-state index contributed by atoms with van der Waals surface area (Å²) in [5.41, 5.74) is 0.560. The zero-order valence-corrected chi connectivity index (χ0v) is 17.0. The number of hydrogen-bond acceptors (Lipinski definition) is 8. The highest BCUT2D eigenvalue weighted by Crippen LogP contribution is 2.29. The molecule has 1 N–H and O–H groups in total. The normalized spacial score (nSPS) is 13.7. The predicted molar refractivity (Wildman–Crippen MR) is 107 cm³/mol. The molecule has 29 heavy (non-hydrogen) atoms. The van der Waals surface area contributed by atoms with Gasteiger partial charge in [-0.1, -0.05) is 0 Å². The Balaban J connectivity index is 1.64. The van der Waals surface area contributed by atoms with Gasteiger partial charge in [-0.25, -0.2) is 4.79 Å². The standard InChI is InChI=1S/C19H25N5O5/c1-26-13-5-6-15(27-2)14(11-13)20-19(25)24-9-7-23(8-10-24)16-12-17(28-3)22-18(21-16)29-4/h5-6,11-12H,7-10H2,1-4H3,(H,20,25). The third kappa shape index (κ3) is 4.71. The first-order chi connectivity index (χ1) is 14.1. The van der Waals surface area contributed by atoms with Crippen LogP contribution >= 0.6 is 0 Å². The van der Waals surface area contributed by atoms with Crippen LogP contribution in [0, 0.1) is 0 Å². The number of urea groups is 1. The number of methoxy groups -OCH3 is 4. The number of rotatable bonds is 6. The zero-order chi connectivity index (χ0) is 20.8. The Morgan fingerprint density at radius 1 is 0.931 bits per heavy atom. The van der Waals surface area contributed by atoms with Crippen molar-refractivity contribution in [2.75, 3.05) is 64.8 Å². The van der Waals surface area contributed by atoms with Gasteiger partial charge < -0.3 is 34.1 Å². The monoisotopic (exact) mass is 403 g/mol. The van der Waals surface area contributed by atoms with E-state index in [0.29, 0.717) is 55.1 Å². The summed E-state index contributed by atoms with van der Waals surface area (Å²) in [6.07, 6.45) is 0. The summed E-state index contributed by atoms with van der Waals surface area (Å²) < 4.78 is 20.9. The number of piperazine rings is 1. The van der Waals surface area contributed by atoms with Gasteiger partial charge in [-0.3, -0.25) is 0 Å². The first-order valence-corrected chi connectivity index (χ1v) is 9.08. The summed E-state index contributed by atoms with van der Waals surface area (Å²) in [7, 11) is 6.18. The first-order valence-electron chi connectivity index (χ1n) is 9.08. The Hall–Kier alpha value is -3.43. The molecule has 1 aliphatic rings. The average Bonchev–Trinajstić information content (AvgIpc) is 2.78. The van der Waals surface area contributed by atoms with E-state index in [4.69, 9.17) is 18.9 Å². The van der Waals surface area contributed by atoms with Crippen LogP contribution < -0.4 is 29.2 Å². The van der Waals surface area contributed by atoms with Crippen LogP contribution in [-0.2, 0) is 0 Å². The molecule has 1 fully saturated rings. The molecular formula is C19H25N5O5. The van der Waals surface area contributed by atoms with Crippen molar-refractivity contribution in [1.29, 1.82) is 0 Å². The van der Waals surface area contributed by atoms with E-state index in [1.807, 2.05) is 0 Å². The molecule has 10 heteroatoms. The molecule has 10 nitrogen and oxygen atoms in total. The third-order valence-electron chi connectivity index (χ3n) is 4.60. The minimum Gasteiger partial charge on any atom is -0.497 e. The maximum absolute atomic E-state index is 12.7.